The van der Waals surface area contributed by atoms with E-state index in [1.807, 2.05) is 0 Å². The summed E-state index contributed by atoms with van der Waals surface area (Å²) >= 11 is 0. The van der Waals surface area contributed by atoms with Gasteiger partial charge in [-0.25, -0.2) is 9.59 Å². The largest absolute Gasteiger partial charge is 0.479 e. The number of carbonyl (C=O) groups excluding carboxylic acids is 2. The molecule has 4 N–H and O–H groups in total. The summed E-state index contributed by atoms with van der Waals surface area (Å²) in [6.45, 7) is 2.37. The van der Waals surface area contributed by atoms with Crippen LogP contribution in [0, 0.1) is 0 Å². The molecule has 114 valence electrons. The Balaban J connectivity index is 2.58. The first-order valence-corrected chi connectivity index (χ1v) is 6.28. The summed E-state index contributed by atoms with van der Waals surface area (Å²) in [5.74, 6) is -1.76. The van der Waals surface area contributed by atoms with Gasteiger partial charge >= 0.3 is 12.0 Å². The molecule has 1 fully saturated rings. The number of aliphatic carboxylic acids is 1. The zero-order valence-corrected chi connectivity index (χ0v) is 11.2. The molecule has 0 radical (unpaired) electrons. The van der Waals surface area contributed by atoms with Gasteiger partial charge in [0.05, 0.1) is 19.8 Å². The van der Waals surface area contributed by atoms with Crippen LogP contribution >= 0.6 is 0 Å². The number of nitrogens with one attached hydrogen (secondary N) is 2. The highest BCUT2D eigenvalue weighted by Gasteiger charge is 2.32. The monoisotopic (exact) mass is 289 g/mol. The summed E-state index contributed by atoms with van der Waals surface area (Å²) in [5.41, 5.74) is 0. The van der Waals surface area contributed by atoms with E-state index in [1.165, 1.54) is 4.90 Å². The minimum absolute atomic E-state index is 0.0841. The Hall–Kier alpha value is -1.87. The average Bonchev–Trinajstić information content (AvgIpc) is 2.44. The Morgan fingerprint density at radius 1 is 1.40 bits per heavy atom. The molecule has 0 aromatic carbocycles. The van der Waals surface area contributed by atoms with Crippen molar-refractivity contribution in [3.05, 3.63) is 0 Å². The van der Waals surface area contributed by atoms with E-state index in [2.05, 4.69) is 10.6 Å². The lowest BCUT2D eigenvalue weighted by molar-refractivity contribution is -0.146. The van der Waals surface area contributed by atoms with Crippen molar-refractivity contribution in [1.29, 1.82) is 0 Å². The SMILES string of the molecule is CCNC(=O)C1COCCN1C(=O)NCC(O)C(=O)O. The zero-order chi connectivity index (χ0) is 15.1. The first kappa shape index (κ1) is 16.2. The highest BCUT2D eigenvalue weighted by Crippen LogP contribution is 2.07. The molecule has 0 aromatic rings. The lowest BCUT2D eigenvalue weighted by Crippen LogP contribution is -2.58. The first-order chi connectivity index (χ1) is 9.47. The maximum atomic E-state index is 11.9. The fourth-order valence-electron chi connectivity index (χ4n) is 1.73. The molecule has 1 heterocycles. The molecule has 9 heteroatoms. The Morgan fingerprint density at radius 3 is 2.70 bits per heavy atom. The summed E-state index contributed by atoms with van der Waals surface area (Å²) in [4.78, 5) is 35.4. The standard InChI is InChI=1S/C11H19N3O6/c1-2-12-9(16)7-6-20-4-3-14(7)11(19)13-5-8(15)10(17)18/h7-8,15H,2-6H2,1H3,(H,12,16)(H,13,19)(H,17,18). The van der Waals surface area contributed by atoms with Gasteiger partial charge in [-0.1, -0.05) is 0 Å². The Morgan fingerprint density at radius 2 is 2.10 bits per heavy atom. The number of rotatable bonds is 5. The minimum atomic E-state index is -1.68. The third-order valence-electron chi connectivity index (χ3n) is 2.77. The van der Waals surface area contributed by atoms with Crippen molar-refractivity contribution in [3.8, 4) is 0 Å². The number of aliphatic hydroxyl groups excluding tert-OH is 1. The second-order valence-electron chi connectivity index (χ2n) is 4.22. The van der Waals surface area contributed by atoms with E-state index in [0.29, 0.717) is 13.2 Å². The van der Waals surface area contributed by atoms with Crippen molar-refractivity contribution in [2.75, 3.05) is 32.8 Å². The molecule has 1 rings (SSSR count). The number of nitrogens with zero attached hydrogens (tertiary/aromatic N) is 1. The average molecular weight is 289 g/mol. The van der Waals surface area contributed by atoms with Crippen LogP contribution in [0.4, 0.5) is 4.79 Å². The molecule has 1 aliphatic rings. The summed E-state index contributed by atoms with van der Waals surface area (Å²) < 4.78 is 5.17. The molecule has 1 saturated heterocycles. The molecule has 0 aromatic heterocycles. The van der Waals surface area contributed by atoms with Crippen LogP contribution in [0.1, 0.15) is 6.92 Å². The van der Waals surface area contributed by atoms with Gasteiger partial charge in [0.1, 0.15) is 6.04 Å². The minimum Gasteiger partial charge on any atom is -0.479 e. The lowest BCUT2D eigenvalue weighted by Gasteiger charge is -2.34. The van der Waals surface area contributed by atoms with Crippen LogP contribution < -0.4 is 10.6 Å². The van der Waals surface area contributed by atoms with Gasteiger partial charge in [0.2, 0.25) is 5.91 Å². The van der Waals surface area contributed by atoms with Crippen LogP contribution in [0.25, 0.3) is 0 Å². The number of morpholine rings is 1. The molecule has 0 aliphatic carbocycles. The molecule has 3 amide bonds. The van der Waals surface area contributed by atoms with Gasteiger partial charge in [-0.2, -0.15) is 0 Å². The second kappa shape index (κ2) is 7.65. The molecule has 1 aliphatic heterocycles. The number of ether oxygens (including phenoxy) is 1. The van der Waals surface area contributed by atoms with E-state index in [0.717, 1.165) is 0 Å². The number of hydrogen-bond donors (Lipinski definition) is 4. The molecule has 0 bridgehead atoms. The lowest BCUT2D eigenvalue weighted by atomic mass is 10.2. The number of carbonyl (C=O) groups is 3. The third-order valence-corrected chi connectivity index (χ3v) is 2.77. The molecule has 0 spiro atoms. The second-order valence-corrected chi connectivity index (χ2v) is 4.22. The van der Waals surface area contributed by atoms with E-state index >= 15 is 0 Å². The van der Waals surface area contributed by atoms with Crippen molar-refractivity contribution >= 4 is 17.9 Å². The van der Waals surface area contributed by atoms with Crippen molar-refractivity contribution < 1.29 is 29.3 Å². The van der Waals surface area contributed by atoms with Crippen LogP contribution in [0.2, 0.25) is 0 Å². The van der Waals surface area contributed by atoms with Crippen molar-refractivity contribution in [2.24, 2.45) is 0 Å². The zero-order valence-electron chi connectivity index (χ0n) is 11.2. The number of likely N-dealkylation sites (N-methyl/N-ethyl adjacent to an activating group) is 1. The Kier molecular flexibility index (Phi) is 6.19. The molecule has 0 saturated carbocycles. The number of amides is 3. The maximum absolute atomic E-state index is 11.9. The Bertz CT molecular complexity index is 375. The van der Waals surface area contributed by atoms with Gasteiger partial charge in [-0.05, 0) is 6.92 Å². The molecule has 20 heavy (non-hydrogen) atoms. The van der Waals surface area contributed by atoms with Gasteiger partial charge in [-0.15, -0.1) is 0 Å². The van der Waals surface area contributed by atoms with Crippen LogP contribution in [0.5, 0.6) is 0 Å². The fraction of sp³-hybridized carbons (Fsp3) is 0.727. The fourth-order valence-corrected chi connectivity index (χ4v) is 1.73. The van der Waals surface area contributed by atoms with Gasteiger partial charge in [-0.3, -0.25) is 4.79 Å². The van der Waals surface area contributed by atoms with Crippen molar-refractivity contribution in [1.82, 2.24) is 15.5 Å². The highest BCUT2D eigenvalue weighted by atomic mass is 16.5. The number of hydrogen-bond acceptors (Lipinski definition) is 5. The first-order valence-electron chi connectivity index (χ1n) is 6.28. The quantitative estimate of drug-likeness (QED) is 0.462. The van der Waals surface area contributed by atoms with Crippen LogP contribution in [0.15, 0.2) is 0 Å². The normalized spacial score (nSPS) is 20.1. The molecule has 9 nitrogen and oxygen atoms in total. The van der Waals surface area contributed by atoms with E-state index in [1.54, 1.807) is 6.92 Å². The highest BCUT2D eigenvalue weighted by molar-refractivity contribution is 5.87. The summed E-state index contributed by atoms with van der Waals surface area (Å²) in [5, 5.41) is 22.5. The predicted molar refractivity (Wildman–Crippen MR) is 67.0 cm³/mol. The van der Waals surface area contributed by atoms with Crippen LogP contribution in [-0.4, -0.2) is 78.0 Å². The Labute approximate surface area is 115 Å². The van der Waals surface area contributed by atoms with E-state index in [9.17, 15) is 14.4 Å². The number of urea groups is 1. The summed E-state index contributed by atoms with van der Waals surface area (Å²) in [6, 6.07) is -1.37. The topological polar surface area (TPSA) is 128 Å². The number of carboxylic acids is 1. The molecule has 2 atom stereocenters. The number of carboxylic acid groups (broad SMARTS) is 1. The van der Waals surface area contributed by atoms with Crippen molar-refractivity contribution in [2.45, 2.75) is 19.1 Å². The van der Waals surface area contributed by atoms with Crippen molar-refractivity contribution in [3.63, 3.8) is 0 Å². The summed E-state index contributed by atoms with van der Waals surface area (Å²) in [7, 11) is 0. The van der Waals surface area contributed by atoms with Crippen LogP contribution in [0.3, 0.4) is 0 Å². The number of aliphatic hydroxyl groups is 1. The van der Waals surface area contributed by atoms with Gasteiger partial charge in [0.25, 0.3) is 0 Å². The third kappa shape index (κ3) is 4.35. The van der Waals surface area contributed by atoms with Gasteiger partial charge in [0.15, 0.2) is 6.10 Å². The maximum Gasteiger partial charge on any atom is 0.334 e. The van der Waals surface area contributed by atoms with E-state index in [4.69, 9.17) is 14.9 Å². The molecular weight excluding hydrogens is 270 g/mol. The smallest absolute Gasteiger partial charge is 0.334 e. The predicted octanol–water partition coefficient (Wildman–Crippen LogP) is -2.02. The molecule has 2 unspecified atom stereocenters. The van der Waals surface area contributed by atoms with E-state index < -0.39 is 30.7 Å². The summed E-state index contributed by atoms with van der Waals surface area (Å²) in [6.07, 6.45) is -1.68. The van der Waals surface area contributed by atoms with E-state index in [-0.39, 0.29) is 19.1 Å². The van der Waals surface area contributed by atoms with Gasteiger partial charge < -0.3 is 30.5 Å². The molecular formula is C11H19N3O6. The van der Waals surface area contributed by atoms with Gasteiger partial charge in [0, 0.05) is 13.1 Å². The van der Waals surface area contributed by atoms with Crippen LogP contribution in [-0.2, 0) is 14.3 Å².